The highest BCUT2D eigenvalue weighted by atomic mass is 32.2. The molecule has 1 aromatic heterocycles. The normalized spacial score (nSPS) is 10.7. The smallest absolute Gasteiger partial charge is 0.473 e. The quantitative estimate of drug-likeness (QED) is 0.174. The van der Waals surface area contributed by atoms with Gasteiger partial charge in [0.1, 0.15) is 5.75 Å². The molecule has 0 unspecified atom stereocenters. The van der Waals surface area contributed by atoms with Gasteiger partial charge in [-0.05, 0) is 30.8 Å². The van der Waals surface area contributed by atoms with E-state index < -0.39 is 30.2 Å². The maximum atomic E-state index is 12.4. The van der Waals surface area contributed by atoms with Gasteiger partial charge in [0.25, 0.3) is 0 Å². The van der Waals surface area contributed by atoms with E-state index in [9.17, 15) is 13.2 Å². The number of carboxylic acid groups (broad SMARTS) is 4. The molecule has 1 heterocycles. The molecule has 0 aliphatic heterocycles. The van der Waals surface area contributed by atoms with Crippen LogP contribution in [0.15, 0.2) is 48.5 Å². The molecule has 0 fully saturated rings. The van der Waals surface area contributed by atoms with E-state index in [1.54, 1.807) is 17.8 Å². The van der Waals surface area contributed by atoms with Crippen LogP contribution in [0.5, 0.6) is 5.75 Å². The fraction of sp³-hybridized carbons (Fsp3) is 0.292. The molecule has 0 amide bonds. The second kappa shape index (κ2) is 16.9. The molecule has 0 atom stereocenters. The molecule has 0 saturated heterocycles. The van der Waals surface area contributed by atoms with E-state index >= 15 is 0 Å². The Hall–Kier alpha value is -4.09. The van der Waals surface area contributed by atoms with E-state index in [2.05, 4.69) is 28.8 Å². The Morgan fingerprint density at radius 2 is 1.51 bits per heavy atom. The summed E-state index contributed by atoms with van der Waals surface area (Å²) >= 11 is 2.96. The summed E-state index contributed by atoms with van der Waals surface area (Å²) in [7, 11) is 2.09. The molecular weight excluding hydrogens is 595 g/mol. The highest BCUT2D eigenvalue weighted by molar-refractivity contribution is 7.99. The molecule has 0 aliphatic rings. The average Bonchev–Trinajstić information content (AvgIpc) is 3.18. The van der Waals surface area contributed by atoms with Gasteiger partial charge in [-0.1, -0.05) is 41.7 Å². The van der Waals surface area contributed by atoms with Crippen molar-refractivity contribution in [3.63, 3.8) is 0 Å². The number of aromatic nitrogens is 1. The van der Waals surface area contributed by atoms with Crippen molar-refractivity contribution >= 4 is 57.2 Å². The first-order valence-corrected chi connectivity index (χ1v) is 13.2. The number of ether oxygens (including phenoxy) is 1. The first-order valence-electron chi connectivity index (χ1n) is 11.3. The van der Waals surface area contributed by atoms with Crippen LogP contribution in [0, 0.1) is 5.41 Å². The Morgan fingerprint density at radius 3 is 2.02 bits per heavy atom. The first-order chi connectivity index (χ1) is 19.1. The third-order valence-corrected chi connectivity index (χ3v) is 6.55. The van der Waals surface area contributed by atoms with Crippen LogP contribution < -0.4 is 9.54 Å². The van der Waals surface area contributed by atoms with E-state index in [0.717, 1.165) is 41.4 Å². The number of rotatable bonds is 9. The number of hydrogen-bond donors (Lipinski definition) is 5. The Balaban J connectivity index is 0.000000588. The number of nitrogens with zero attached hydrogens (tertiary/aromatic N) is 2. The summed E-state index contributed by atoms with van der Waals surface area (Å²) in [5.41, 5.74) is 2.05. The van der Waals surface area contributed by atoms with Crippen molar-refractivity contribution in [2.24, 2.45) is 0 Å². The lowest BCUT2D eigenvalue weighted by Gasteiger charge is -2.16. The van der Waals surface area contributed by atoms with Gasteiger partial charge >= 0.3 is 30.2 Å². The standard InChI is InChI=1S/C20H22F3N3OS2.2C2H2O4/c1-25(14-15-5-3-2-4-6-15)9-11-28-12-10-26-17-8-7-16(27-20(21,22)23)13-18(17)29-19(26)24;2*3-1(4)2(5)6/h2-8,13,24H,9-12,14H2,1H3;2*(H,3,4)(H,5,6). The van der Waals surface area contributed by atoms with Crippen molar-refractivity contribution in [2.75, 3.05) is 25.1 Å². The van der Waals surface area contributed by atoms with Gasteiger partial charge in [-0.25, -0.2) is 19.2 Å². The predicted octanol–water partition coefficient (Wildman–Crippen LogP) is 3.26. The Kier molecular flexibility index (Phi) is 14.4. The lowest BCUT2D eigenvalue weighted by molar-refractivity contribution is -0.274. The minimum absolute atomic E-state index is 0.255. The van der Waals surface area contributed by atoms with Crippen LogP contribution in [0.2, 0.25) is 0 Å². The second-order valence-electron chi connectivity index (χ2n) is 7.79. The minimum Gasteiger partial charge on any atom is -0.473 e. The fourth-order valence-electron chi connectivity index (χ4n) is 2.94. The van der Waals surface area contributed by atoms with Gasteiger partial charge in [0.05, 0.1) is 10.2 Å². The van der Waals surface area contributed by atoms with Crippen LogP contribution in [0.4, 0.5) is 13.2 Å². The predicted molar refractivity (Wildman–Crippen MR) is 143 cm³/mol. The number of benzene rings is 2. The van der Waals surface area contributed by atoms with Gasteiger partial charge in [-0.3, -0.25) is 5.41 Å². The van der Waals surface area contributed by atoms with E-state index in [4.69, 9.17) is 45.0 Å². The van der Waals surface area contributed by atoms with Crippen molar-refractivity contribution in [1.82, 2.24) is 9.47 Å². The van der Waals surface area contributed by atoms with Crippen molar-refractivity contribution in [3.8, 4) is 5.75 Å². The van der Waals surface area contributed by atoms with Crippen LogP contribution >= 0.6 is 23.1 Å². The molecule has 0 aliphatic carbocycles. The molecule has 0 bridgehead atoms. The van der Waals surface area contributed by atoms with Gasteiger partial charge < -0.3 is 34.6 Å². The average molecular weight is 622 g/mol. The zero-order chi connectivity index (χ0) is 31.2. The molecule has 41 heavy (non-hydrogen) atoms. The van der Waals surface area contributed by atoms with Gasteiger partial charge in [0.2, 0.25) is 0 Å². The number of aryl methyl sites for hydroxylation is 1. The number of carbonyl (C=O) groups is 4. The maximum Gasteiger partial charge on any atom is 0.573 e. The number of hydrogen-bond acceptors (Lipinski definition) is 9. The van der Waals surface area contributed by atoms with Gasteiger partial charge in [-0.15, -0.1) is 13.2 Å². The minimum atomic E-state index is -4.71. The lowest BCUT2D eigenvalue weighted by atomic mass is 10.2. The number of aliphatic carboxylic acids is 4. The molecule has 5 N–H and O–H groups in total. The zero-order valence-corrected chi connectivity index (χ0v) is 23.0. The number of thiazole rings is 1. The van der Waals surface area contributed by atoms with Crippen LogP contribution in [-0.2, 0) is 32.3 Å². The number of halogens is 3. The molecule has 3 rings (SSSR count). The van der Waals surface area contributed by atoms with E-state index in [1.165, 1.54) is 17.7 Å². The number of carboxylic acids is 4. The highest BCUT2D eigenvalue weighted by Gasteiger charge is 2.31. The lowest BCUT2D eigenvalue weighted by Crippen LogP contribution is -2.21. The summed E-state index contributed by atoms with van der Waals surface area (Å²) in [5, 5.41) is 37.7. The number of alkyl halides is 3. The van der Waals surface area contributed by atoms with Gasteiger partial charge in [-0.2, -0.15) is 11.8 Å². The van der Waals surface area contributed by atoms with Crippen molar-refractivity contribution in [3.05, 3.63) is 58.9 Å². The van der Waals surface area contributed by atoms with Crippen molar-refractivity contribution in [2.45, 2.75) is 19.5 Å². The summed E-state index contributed by atoms with van der Waals surface area (Å²) < 4.78 is 43.5. The first kappa shape index (κ1) is 34.9. The maximum absolute atomic E-state index is 12.4. The topological polar surface area (TPSA) is 190 Å². The molecule has 224 valence electrons. The summed E-state index contributed by atoms with van der Waals surface area (Å²) in [6.45, 7) is 2.51. The van der Waals surface area contributed by atoms with Gasteiger partial charge in [0.15, 0.2) is 4.80 Å². The van der Waals surface area contributed by atoms with E-state index in [1.807, 2.05) is 22.8 Å². The summed E-state index contributed by atoms with van der Waals surface area (Å²) in [6.07, 6.45) is -4.71. The number of nitrogens with one attached hydrogen (secondary N) is 1. The van der Waals surface area contributed by atoms with Crippen molar-refractivity contribution < 1.29 is 57.5 Å². The largest absolute Gasteiger partial charge is 0.573 e. The van der Waals surface area contributed by atoms with Crippen LogP contribution in [0.25, 0.3) is 10.2 Å². The number of thioether (sulfide) groups is 1. The molecule has 12 nitrogen and oxygen atoms in total. The van der Waals surface area contributed by atoms with Crippen LogP contribution in [0.3, 0.4) is 0 Å². The van der Waals surface area contributed by atoms with Crippen LogP contribution in [0.1, 0.15) is 5.56 Å². The fourth-order valence-corrected chi connectivity index (χ4v) is 4.86. The molecule has 0 spiro atoms. The third kappa shape index (κ3) is 14.2. The second-order valence-corrected chi connectivity index (χ2v) is 10.0. The monoisotopic (exact) mass is 621 g/mol. The Morgan fingerprint density at radius 1 is 0.951 bits per heavy atom. The van der Waals surface area contributed by atoms with Crippen LogP contribution in [-0.4, -0.2) is 85.2 Å². The molecule has 0 radical (unpaired) electrons. The highest BCUT2D eigenvalue weighted by Crippen LogP contribution is 2.28. The zero-order valence-electron chi connectivity index (χ0n) is 21.3. The SMILES string of the molecule is CN(CCSCCn1c(=N)sc2cc(OC(F)(F)F)ccc21)Cc1ccccc1.O=C(O)C(=O)O.O=C(O)C(=O)O. The summed E-state index contributed by atoms with van der Waals surface area (Å²) in [5.74, 6) is -5.74. The Bertz CT molecular complexity index is 1330. The molecule has 0 saturated carbocycles. The Labute approximate surface area is 238 Å². The van der Waals surface area contributed by atoms with E-state index in [-0.39, 0.29) is 5.75 Å². The number of fused-ring (bicyclic) bond motifs is 1. The summed E-state index contributed by atoms with van der Waals surface area (Å²) in [4.78, 5) is 39.0. The molecule has 3 aromatic rings. The molecule has 17 heteroatoms. The molecular formula is C24H26F3N3O9S2. The van der Waals surface area contributed by atoms with Gasteiger partial charge in [0, 0.05) is 31.1 Å². The third-order valence-electron chi connectivity index (χ3n) is 4.65. The van der Waals surface area contributed by atoms with E-state index in [0.29, 0.717) is 16.0 Å². The summed E-state index contributed by atoms with van der Waals surface area (Å²) in [6, 6.07) is 14.5. The molecule has 2 aromatic carbocycles. The van der Waals surface area contributed by atoms with Crippen molar-refractivity contribution in [1.29, 1.82) is 5.41 Å².